The van der Waals surface area contributed by atoms with Gasteiger partial charge >= 0.3 is 6.18 Å². The highest BCUT2D eigenvalue weighted by atomic mass is 19.4. The fourth-order valence-electron chi connectivity index (χ4n) is 5.38. The first-order valence-corrected chi connectivity index (χ1v) is 13.4. The zero-order valence-corrected chi connectivity index (χ0v) is 22.9. The molecule has 1 atom stereocenters. The van der Waals surface area contributed by atoms with Gasteiger partial charge in [-0.1, -0.05) is 18.2 Å². The van der Waals surface area contributed by atoms with Gasteiger partial charge in [0.2, 0.25) is 17.6 Å². The third-order valence-electron chi connectivity index (χ3n) is 7.41. The summed E-state index contributed by atoms with van der Waals surface area (Å²) in [5, 5.41) is 4.19. The Hall–Kier alpha value is -4.65. The molecule has 2 N–H and O–H groups in total. The number of nitrogens with zero attached hydrogens (tertiary/aromatic N) is 5. The maximum atomic E-state index is 14.0. The molecule has 0 radical (unpaired) electrons. The van der Waals surface area contributed by atoms with Crippen LogP contribution in [0.3, 0.4) is 0 Å². The number of pyridine rings is 1. The molecule has 0 spiro atoms. The molecule has 1 saturated heterocycles. The molecule has 0 saturated carbocycles. The highest BCUT2D eigenvalue weighted by Crippen LogP contribution is 2.35. The maximum Gasteiger partial charge on any atom is 0.449 e. The number of carbonyl (C=O) groups is 1. The molecule has 13 heteroatoms. The molecule has 1 aliphatic heterocycles. The molecule has 1 amide bonds. The van der Waals surface area contributed by atoms with Gasteiger partial charge in [0.05, 0.1) is 54.3 Å². The Morgan fingerprint density at radius 2 is 1.88 bits per heavy atom. The van der Waals surface area contributed by atoms with E-state index in [-0.39, 0.29) is 17.6 Å². The van der Waals surface area contributed by atoms with Crippen LogP contribution in [0.4, 0.5) is 13.2 Å². The predicted molar refractivity (Wildman–Crippen MR) is 149 cm³/mol. The van der Waals surface area contributed by atoms with E-state index >= 15 is 0 Å². The van der Waals surface area contributed by atoms with Crippen LogP contribution in [0.2, 0.25) is 0 Å². The third-order valence-corrected chi connectivity index (χ3v) is 7.41. The summed E-state index contributed by atoms with van der Waals surface area (Å²) in [5.74, 6) is -0.325. The van der Waals surface area contributed by atoms with Crippen LogP contribution in [0.15, 0.2) is 54.7 Å². The molecule has 0 bridgehead atoms. The molecular weight excluding hydrogens is 551 g/mol. The van der Waals surface area contributed by atoms with Crippen LogP contribution in [0.25, 0.3) is 33.2 Å². The van der Waals surface area contributed by atoms with Crippen LogP contribution in [-0.2, 0) is 17.5 Å². The zero-order chi connectivity index (χ0) is 29.4. The number of methoxy groups -OCH3 is 2. The van der Waals surface area contributed by atoms with E-state index in [9.17, 15) is 18.0 Å². The van der Waals surface area contributed by atoms with Crippen molar-refractivity contribution in [2.24, 2.45) is 0 Å². The number of ether oxygens (including phenoxy) is 2. The molecular formula is C29H28F3N7O3. The summed E-state index contributed by atoms with van der Waals surface area (Å²) in [6.45, 7) is 0.829. The number of rotatable bonds is 6. The number of hydrogen-bond acceptors (Lipinski definition) is 7. The number of carbonyl (C=O) groups excluding carboxylic acids is 1. The van der Waals surface area contributed by atoms with Gasteiger partial charge in [-0.15, -0.1) is 0 Å². The van der Waals surface area contributed by atoms with Crippen molar-refractivity contribution in [1.82, 2.24) is 34.7 Å². The van der Waals surface area contributed by atoms with Crippen molar-refractivity contribution in [2.75, 3.05) is 33.9 Å². The van der Waals surface area contributed by atoms with Crippen molar-refractivity contribution < 1.29 is 27.4 Å². The van der Waals surface area contributed by atoms with Gasteiger partial charge in [0.15, 0.2) is 0 Å². The number of nitrogens with one attached hydrogen (secondary N) is 2. The van der Waals surface area contributed by atoms with E-state index in [2.05, 4.69) is 25.3 Å². The highest BCUT2D eigenvalue weighted by Gasteiger charge is 2.39. The third kappa shape index (κ3) is 5.11. The van der Waals surface area contributed by atoms with Crippen LogP contribution in [-0.4, -0.2) is 69.2 Å². The van der Waals surface area contributed by atoms with Crippen LogP contribution in [0, 0.1) is 0 Å². The Morgan fingerprint density at radius 1 is 1.05 bits per heavy atom. The monoisotopic (exact) mass is 579 g/mol. The normalized spacial score (nSPS) is 16.1. The molecule has 0 aliphatic carbocycles. The van der Waals surface area contributed by atoms with Gasteiger partial charge in [-0.05, 0) is 37.2 Å². The molecule has 10 nitrogen and oxygen atoms in total. The van der Waals surface area contributed by atoms with Crippen LogP contribution >= 0.6 is 0 Å². The molecule has 1 aliphatic rings. The van der Waals surface area contributed by atoms with Crippen molar-refractivity contribution in [1.29, 1.82) is 0 Å². The lowest BCUT2D eigenvalue weighted by atomic mass is 10.1. The number of benzene rings is 2. The molecule has 42 heavy (non-hydrogen) atoms. The van der Waals surface area contributed by atoms with Crippen LogP contribution in [0.5, 0.6) is 11.6 Å². The summed E-state index contributed by atoms with van der Waals surface area (Å²) >= 11 is 0. The van der Waals surface area contributed by atoms with Crippen molar-refractivity contribution in [3.05, 3.63) is 66.4 Å². The lowest BCUT2D eigenvalue weighted by Gasteiger charge is -2.29. The average molecular weight is 580 g/mol. The fraction of sp³-hybridized carbons (Fsp3) is 0.310. The average Bonchev–Trinajstić information content (AvgIpc) is 3.53. The topological polar surface area (TPSA) is 110 Å². The molecule has 4 heterocycles. The van der Waals surface area contributed by atoms with E-state index in [4.69, 9.17) is 9.47 Å². The van der Waals surface area contributed by atoms with Gasteiger partial charge < -0.3 is 29.2 Å². The lowest BCUT2D eigenvalue weighted by Crippen LogP contribution is -2.39. The maximum absolute atomic E-state index is 14.0. The van der Waals surface area contributed by atoms with Gasteiger partial charge in [-0.2, -0.15) is 13.2 Å². The van der Waals surface area contributed by atoms with Gasteiger partial charge in [-0.25, -0.2) is 15.0 Å². The van der Waals surface area contributed by atoms with Crippen molar-refractivity contribution in [3.63, 3.8) is 0 Å². The molecule has 218 valence electrons. The Balaban J connectivity index is 1.35. The SMILES string of the molecule is COc1ccc2nc(C(F)(F)F)n(CC(=O)N3CCNCCC3c3ncc(-c4cc5ccccc5nc4OC)[nH]3)c2c1. The number of para-hydroxylation sites is 1. The van der Waals surface area contributed by atoms with E-state index in [1.807, 2.05) is 30.3 Å². The molecule has 5 aromatic rings. The number of imidazole rings is 2. The second-order valence-electron chi connectivity index (χ2n) is 9.94. The van der Waals surface area contributed by atoms with Gasteiger partial charge in [-0.3, -0.25) is 4.79 Å². The number of fused-ring (bicyclic) bond motifs is 2. The molecule has 3 aromatic heterocycles. The van der Waals surface area contributed by atoms with E-state index in [1.165, 1.54) is 25.3 Å². The Morgan fingerprint density at radius 3 is 2.67 bits per heavy atom. The second-order valence-corrected chi connectivity index (χ2v) is 9.94. The Labute approximate surface area is 238 Å². The number of aromatic amines is 1. The quantitative estimate of drug-likeness (QED) is 0.303. The Bertz CT molecular complexity index is 1760. The number of hydrogen-bond donors (Lipinski definition) is 2. The number of H-pyrrole nitrogens is 1. The van der Waals surface area contributed by atoms with Crippen LogP contribution in [0.1, 0.15) is 24.1 Å². The number of alkyl halides is 3. The largest absolute Gasteiger partial charge is 0.497 e. The first kappa shape index (κ1) is 27.5. The zero-order valence-electron chi connectivity index (χ0n) is 22.9. The number of amides is 1. The summed E-state index contributed by atoms with van der Waals surface area (Å²) in [6.07, 6.45) is -2.59. The summed E-state index contributed by atoms with van der Waals surface area (Å²) < 4.78 is 53.7. The van der Waals surface area contributed by atoms with Gasteiger partial charge in [0, 0.05) is 24.5 Å². The summed E-state index contributed by atoms with van der Waals surface area (Å²) in [6, 6.07) is 13.6. The Kier molecular flexibility index (Phi) is 7.19. The minimum Gasteiger partial charge on any atom is -0.497 e. The minimum absolute atomic E-state index is 0.124. The van der Waals surface area contributed by atoms with E-state index in [0.29, 0.717) is 48.2 Å². The molecule has 1 fully saturated rings. The molecule has 1 unspecified atom stereocenters. The number of halogens is 3. The predicted octanol–water partition coefficient (Wildman–Crippen LogP) is 4.57. The van der Waals surface area contributed by atoms with Crippen LogP contribution < -0.4 is 14.8 Å². The van der Waals surface area contributed by atoms with E-state index < -0.39 is 30.5 Å². The first-order valence-electron chi connectivity index (χ1n) is 13.4. The summed E-state index contributed by atoms with van der Waals surface area (Å²) in [4.78, 5) is 31.7. The van der Waals surface area contributed by atoms with Gasteiger partial charge in [0.25, 0.3) is 0 Å². The van der Waals surface area contributed by atoms with Crippen molar-refractivity contribution in [2.45, 2.75) is 25.2 Å². The van der Waals surface area contributed by atoms with Gasteiger partial charge in [0.1, 0.15) is 18.1 Å². The number of aromatic nitrogens is 5. The molecule has 2 aromatic carbocycles. The first-order chi connectivity index (χ1) is 20.3. The van der Waals surface area contributed by atoms with Crippen molar-refractivity contribution >= 4 is 27.8 Å². The second kappa shape index (κ2) is 11.0. The van der Waals surface area contributed by atoms with E-state index in [0.717, 1.165) is 15.5 Å². The standard InChI is InChI=1S/C29H28F3N7O3/c1-41-18-7-8-21-24(14-18)39(28(37-21)29(30,31)32)16-25(40)38-12-11-33-10-9-23(38)26-34-15-22(35-26)19-13-17-5-3-4-6-20(17)36-27(19)42-2/h3-8,13-15,23,33H,9-12,16H2,1-2H3,(H,34,35). The fourth-order valence-corrected chi connectivity index (χ4v) is 5.38. The van der Waals surface area contributed by atoms with E-state index in [1.54, 1.807) is 18.2 Å². The summed E-state index contributed by atoms with van der Waals surface area (Å²) in [7, 11) is 2.97. The smallest absolute Gasteiger partial charge is 0.449 e. The minimum atomic E-state index is -4.75. The summed E-state index contributed by atoms with van der Waals surface area (Å²) in [5.41, 5.74) is 2.42. The van der Waals surface area contributed by atoms with Crippen molar-refractivity contribution in [3.8, 4) is 22.9 Å². The highest BCUT2D eigenvalue weighted by molar-refractivity contribution is 5.85. The lowest BCUT2D eigenvalue weighted by molar-refractivity contribution is -0.148. The molecule has 6 rings (SSSR count).